The van der Waals surface area contributed by atoms with Gasteiger partial charge in [-0.25, -0.2) is 9.07 Å². The molecule has 0 atom stereocenters. The minimum absolute atomic E-state index is 0.258. The van der Waals surface area contributed by atoms with Gasteiger partial charge in [-0.2, -0.15) is 0 Å². The summed E-state index contributed by atoms with van der Waals surface area (Å²) in [6.07, 6.45) is 0. The molecular weight excluding hydrogens is 339 g/mol. The standard InChI is InChI=1S/C18H15FN4OS/c1-2-24-15-5-3-4-13(10-15)17-20-21-18-23(17)22-16(11-25-18)12-6-8-14(19)9-7-12/h3-11,22H,2H2,1H3. The van der Waals surface area contributed by atoms with Crippen molar-refractivity contribution in [3.8, 4) is 17.1 Å². The number of thioether (sulfide) groups is 1. The van der Waals surface area contributed by atoms with Crippen LogP contribution in [-0.2, 0) is 0 Å². The monoisotopic (exact) mass is 354 g/mol. The number of hydrogen-bond acceptors (Lipinski definition) is 5. The topological polar surface area (TPSA) is 52.0 Å². The van der Waals surface area contributed by atoms with Crippen LogP contribution in [0, 0.1) is 5.82 Å². The number of rotatable bonds is 4. The van der Waals surface area contributed by atoms with E-state index in [0.717, 1.165) is 27.7 Å². The van der Waals surface area contributed by atoms with Crippen LogP contribution >= 0.6 is 11.8 Å². The molecule has 1 aromatic heterocycles. The van der Waals surface area contributed by atoms with Crippen LogP contribution < -0.4 is 10.2 Å². The van der Waals surface area contributed by atoms with Crippen molar-refractivity contribution in [3.05, 3.63) is 65.3 Å². The lowest BCUT2D eigenvalue weighted by Crippen LogP contribution is -2.18. The highest BCUT2D eigenvalue weighted by Crippen LogP contribution is 2.32. The molecule has 2 aromatic carbocycles. The molecule has 4 rings (SSSR count). The maximum absolute atomic E-state index is 13.1. The molecule has 0 spiro atoms. The summed E-state index contributed by atoms with van der Waals surface area (Å²) in [7, 11) is 0. The third-order valence-corrected chi connectivity index (χ3v) is 4.53. The van der Waals surface area contributed by atoms with E-state index in [9.17, 15) is 4.39 Å². The fourth-order valence-corrected chi connectivity index (χ4v) is 3.28. The summed E-state index contributed by atoms with van der Waals surface area (Å²) in [6, 6.07) is 14.1. The third-order valence-electron chi connectivity index (χ3n) is 3.71. The Balaban J connectivity index is 1.67. The molecule has 0 amide bonds. The Morgan fingerprint density at radius 2 is 1.96 bits per heavy atom. The van der Waals surface area contributed by atoms with Crippen molar-refractivity contribution in [2.24, 2.45) is 0 Å². The van der Waals surface area contributed by atoms with E-state index < -0.39 is 0 Å². The minimum atomic E-state index is -0.258. The van der Waals surface area contributed by atoms with Gasteiger partial charge in [0.15, 0.2) is 5.82 Å². The summed E-state index contributed by atoms with van der Waals surface area (Å²) >= 11 is 1.47. The number of hydrogen-bond donors (Lipinski definition) is 1. The van der Waals surface area contributed by atoms with E-state index in [-0.39, 0.29) is 5.82 Å². The fourth-order valence-electron chi connectivity index (χ4n) is 2.55. The minimum Gasteiger partial charge on any atom is -0.494 e. The quantitative estimate of drug-likeness (QED) is 0.763. The van der Waals surface area contributed by atoms with E-state index in [1.165, 1.54) is 23.9 Å². The lowest BCUT2D eigenvalue weighted by atomic mass is 10.2. The second kappa shape index (κ2) is 6.60. The molecule has 1 N–H and O–H groups in total. The zero-order valence-electron chi connectivity index (χ0n) is 13.4. The van der Waals surface area contributed by atoms with Crippen molar-refractivity contribution in [2.75, 3.05) is 12.0 Å². The van der Waals surface area contributed by atoms with Crippen molar-refractivity contribution in [1.82, 2.24) is 14.9 Å². The zero-order valence-corrected chi connectivity index (χ0v) is 14.3. The zero-order chi connectivity index (χ0) is 17.2. The molecule has 25 heavy (non-hydrogen) atoms. The third kappa shape index (κ3) is 3.10. The van der Waals surface area contributed by atoms with Crippen molar-refractivity contribution >= 4 is 17.5 Å². The van der Waals surface area contributed by atoms with Crippen LogP contribution in [0.15, 0.2) is 59.1 Å². The maximum atomic E-state index is 13.1. The van der Waals surface area contributed by atoms with Crippen LogP contribution in [0.1, 0.15) is 12.5 Å². The first-order valence-corrected chi connectivity index (χ1v) is 8.71. The van der Waals surface area contributed by atoms with Crippen LogP contribution in [0.25, 0.3) is 17.1 Å². The normalized spacial score (nSPS) is 13.0. The van der Waals surface area contributed by atoms with Gasteiger partial charge < -0.3 is 4.74 Å². The highest BCUT2D eigenvalue weighted by molar-refractivity contribution is 8.02. The van der Waals surface area contributed by atoms with Gasteiger partial charge >= 0.3 is 0 Å². The van der Waals surface area contributed by atoms with Crippen molar-refractivity contribution in [1.29, 1.82) is 0 Å². The number of fused-ring (bicyclic) bond motifs is 1. The van der Waals surface area contributed by atoms with Gasteiger partial charge in [-0.15, -0.1) is 10.2 Å². The molecule has 7 heteroatoms. The number of benzene rings is 2. The number of nitrogens with one attached hydrogen (secondary N) is 1. The van der Waals surface area contributed by atoms with Gasteiger partial charge in [0.2, 0.25) is 5.16 Å². The predicted molar refractivity (Wildman–Crippen MR) is 96.2 cm³/mol. The van der Waals surface area contributed by atoms with Crippen LogP contribution in [0.5, 0.6) is 5.75 Å². The predicted octanol–water partition coefficient (Wildman–Crippen LogP) is 4.13. The summed E-state index contributed by atoms with van der Waals surface area (Å²) in [5, 5.41) is 11.2. The summed E-state index contributed by atoms with van der Waals surface area (Å²) < 4.78 is 20.5. The SMILES string of the molecule is CCOc1cccc(-c2nnc3n2NC(c2ccc(F)cc2)=CS3)c1. The van der Waals surface area contributed by atoms with Gasteiger partial charge in [0, 0.05) is 16.5 Å². The van der Waals surface area contributed by atoms with Crippen LogP contribution in [0.3, 0.4) is 0 Å². The number of aromatic nitrogens is 3. The lowest BCUT2D eigenvalue weighted by molar-refractivity contribution is 0.340. The molecule has 0 unspecified atom stereocenters. The average Bonchev–Trinajstić information content (AvgIpc) is 3.06. The first kappa shape index (κ1) is 15.7. The summed E-state index contributed by atoms with van der Waals surface area (Å²) in [6.45, 7) is 2.55. The van der Waals surface area contributed by atoms with Gasteiger partial charge in [-0.3, -0.25) is 5.43 Å². The highest BCUT2D eigenvalue weighted by Gasteiger charge is 2.19. The van der Waals surface area contributed by atoms with Crippen molar-refractivity contribution in [2.45, 2.75) is 12.1 Å². The van der Waals surface area contributed by atoms with E-state index in [1.807, 2.05) is 41.3 Å². The summed E-state index contributed by atoms with van der Waals surface area (Å²) in [4.78, 5) is 0. The fraction of sp³-hybridized carbons (Fsp3) is 0.111. The molecule has 0 fully saturated rings. The Bertz CT molecular complexity index is 937. The Hall–Kier alpha value is -2.80. The molecule has 5 nitrogen and oxygen atoms in total. The number of nitrogens with zero attached hydrogens (tertiary/aromatic N) is 3. The molecule has 0 saturated heterocycles. The molecule has 0 saturated carbocycles. The Labute approximate surface area is 148 Å². The van der Waals surface area contributed by atoms with Crippen molar-refractivity contribution in [3.63, 3.8) is 0 Å². The van der Waals surface area contributed by atoms with E-state index in [1.54, 1.807) is 12.1 Å². The van der Waals surface area contributed by atoms with E-state index >= 15 is 0 Å². The molecule has 0 aliphatic carbocycles. The second-order valence-electron chi connectivity index (χ2n) is 5.37. The van der Waals surface area contributed by atoms with Crippen molar-refractivity contribution < 1.29 is 9.13 Å². The Kier molecular flexibility index (Phi) is 4.15. The molecule has 1 aliphatic heterocycles. The molecule has 2 heterocycles. The van der Waals surface area contributed by atoms with E-state index in [0.29, 0.717) is 12.4 Å². The smallest absolute Gasteiger partial charge is 0.214 e. The van der Waals surface area contributed by atoms with E-state index in [4.69, 9.17) is 4.74 Å². The van der Waals surface area contributed by atoms with Gasteiger partial charge in [0.05, 0.1) is 12.3 Å². The summed E-state index contributed by atoms with van der Waals surface area (Å²) in [5.74, 6) is 1.22. The first-order valence-electron chi connectivity index (χ1n) is 7.83. The molecule has 126 valence electrons. The summed E-state index contributed by atoms with van der Waals surface area (Å²) in [5.41, 5.74) is 5.95. The van der Waals surface area contributed by atoms with Crippen LogP contribution in [0.2, 0.25) is 0 Å². The molecular formula is C18H15FN4OS. The Morgan fingerprint density at radius 3 is 2.76 bits per heavy atom. The van der Waals surface area contributed by atoms with E-state index in [2.05, 4.69) is 15.6 Å². The first-order chi connectivity index (χ1) is 12.2. The maximum Gasteiger partial charge on any atom is 0.214 e. The molecule has 1 aliphatic rings. The average molecular weight is 354 g/mol. The van der Waals surface area contributed by atoms with Gasteiger partial charge in [-0.1, -0.05) is 23.9 Å². The molecule has 3 aromatic rings. The second-order valence-corrected chi connectivity index (χ2v) is 6.21. The van der Waals surface area contributed by atoms with Gasteiger partial charge in [0.25, 0.3) is 0 Å². The van der Waals surface area contributed by atoms with Crippen LogP contribution in [0.4, 0.5) is 4.39 Å². The lowest BCUT2D eigenvalue weighted by Gasteiger charge is -2.19. The van der Waals surface area contributed by atoms with Gasteiger partial charge in [-0.05, 0) is 43.3 Å². The largest absolute Gasteiger partial charge is 0.494 e. The number of halogens is 1. The molecule has 0 bridgehead atoms. The highest BCUT2D eigenvalue weighted by atomic mass is 32.2. The molecule has 0 radical (unpaired) electrons. The van der Waals surface area contributed by atoms with Gasteiger partial charge in [0.1, 0.15) is 11.6 Å². The number of ether oxygens (including phenoxy) is 1. The van der Waals surface area contributed by atoms with Crippen LogP contribution in [-0.4, -0.2) is 21.5 Å². The Morgan fingerprint density at radius 1 is 1.12 bits per heavy atom.